The molecule has 4 nitrogen and oxygen atoms in total. The average molecular weight is 291 g/mol. The predicted octanol–water partition coefficient (Wildman–Crippen LogP) is 1.91. The molecule has 1 aromatic carbocycles. The molecule has 1 aromatic rings. The van der Waals surface area contributed by atoms with Gasteiger partial charge in [0.1, 0.15) is 5.82 Å². The van der Waals surface area contributed by atoms with E-state index in [1.165, 1.54) is 6.07 Å². The molecule has 0 radical (unpaired) electrons. The van der Waals surface area contributed by atoms with E-state index in [1.807, 2.05) is 0 Å². The van der Waals surface area contributed by atoms with Crippen molar-refractivity contribution < 1.29 is 13.9 Å². The van der Waals surface area contributed by atoms with Gasteiger partial charge in [0.05, 0.1) is 18.2 Å². The Kier molecular flexibility index (Phi) is 7.93. The van der Waals surface area contributed by atoms with Gasteiger partial charge in [-0.25, -0.2) is 4.39 Å². The molecule has 0 aromatic heterocycles. The van der Waals surface area contributed by atoms with Gasteiger partial charge < -0.3 is 9.47 Å². The molecule has 108 valence electrons. The minimum absolute atomic E-state index is 0.0593. The molecule has 3 N–H and O–H groups in total. The first kappa shape index (κ1) is 16.3. The zero-order valence-electron chi connectivity index (χ0n) is 11.0. The quantitative estimate of drug-likeness (QED) is 0.414. The lowest BCUT2D eigenvalue weighted by molar-refractivity contribution is 0.0658. The van der Waals surface area contributed by atoms with Crippen LogP contribution in [-0.4, -0.2) is 33.0 Å². The van der Waals surface area contributed by atoms with Crippen LogP contribution in [0.4, 0.5) is 4.39 Å². The summed E-state index contributed by atoms with van der Waals surface area (Å²) in [5.41, 5.74) is 3.66. The molecule has 0 aliphatic rings. The Labute approximate surface area is 118 Å². The van der Waals surface area contributed by atoms with Gasteiger partial charge in [0.25, 0.3) is 0 Å². The van der Waals surface area contributed by atoms with Crippen molar-refractivity contribution in [2.24, 2.45) is 5.84 Å². The lowest BCUT2D eigenvalue weighted by atomic mass is 10.0. The van der Waals surface area contributed by atoms with Crippen molar-refractivity contribution in [2.75, 3.05) is 26.9 Å². The number of methoxy groups -OCH3 is 1. The van der Waals surface area contributed by atoms with Gasteiger partial charge in [-0.2, -0.15) is 0 Å². The number of ether oxygens (including phenoxy) is 2. The summed E-state index contributed by atoms with van der Waals surface area (Å²) in [6.07, 6.45) is 1.43. The second-order valence-electron chi connectivity index (χ2n) is 4.21. The Morgan fingerprint density at radius 2 is 2.16 bits per heavy atom. The van der Waals surface area contributed by atoms with E-state index in [9.17, 15) is 4.39 Å². The Balaban J connectivity index is 2.36. The van der Waals surface area contributed by atoms with Crippen molar-refractivity contribution in [3.63, 3.8) is 0 Å². The van der Waals surface area contributed by atoms with E-state index in [0.717, 1.165) is 12.0 Å². The molecule has 0 amide bonds. The largest absolute Gasteiger partial charge is 0.382 e. The molecule has 0 heterocycles. The molecule has 0 spiro atoms. The van der Waals surface area contributed by atoms with Crippen LogP contribution in [0.2, 0.25) is 5.02 Å². The Hall–Kier alpha value is -0.720. The highest BCUT2D eigenvalue weighted by Gasteiger charge is 2.09. The molecule has 0 aliphatic carbocycles. The maximum atomic E-state index is 13.0. The predicted molar refractivity (Wildman–Crippen MR) is 73.5 cm³/mol. The summed E-state index contributed by atoms with van der Waals surface area (Å²) in [6.45, 7) is 1.73. The van der Waals surface area contributed by atoms with Crippen LogP contribution < -0.4 is 11.3 Å². The fraction of sp³-hybridized carbons (Fsp3) is 0.538. The first-order valence-electron chi connectivity index (χ1n) is 6.14. The molecule has 0 saturated heterocycles. The van der Waals surface area contributed by atoms with Gasteiger partial charge in [-0.1, -0.05) is 17.7 Å². The van der Waals surface area contributed by atoms with Crippen LogP contribution in [0, 0.1) is 5.82 Å². The number of nitrogens with one attached hydrogen (secondary N) is 1. The average Bonchev–Trinajstić information content (AvgIpc) is 2.41. The van der Waals surface area contributed by atoms with Crippen molar-refractivity contribution in [1.82, 2.24) is 5.43 Å². The van der Waals surface area contributed by atoms with Crippen LogP contribution in [-0.2, 0) is 15.9 Å². The number of benzene rings is 1. The van der Waals surface area contributed by atoms with Crippen molar-refractivity contribution in [3.8, 4) is 0 Å². The molecule has 6 heteroatoms. The summed E-state index contributed by atoms with van der Waals surface area (Å²) in [5.74, 6) is 5.08. The van der Waals surface area contributed by atoms with Gasteiger partial charge in [-0.15, -0.1) is 0 Å². The first-order chi connectivity index (χ1) is 9.17. The molecule has 0 bridgehead atoms. The third-order valence-corrected chi connectivity index (χ3v) is 3.03. The van der Waals surface area contributed by atoms with E-state index in [2.05, 4.69) is 5.43 Å². The first-order valence-corrected chi connectivity index (χ1v) is 6.52. The maximum absolute atomic E-state index is 13.0. The third-order valence-electron chi connectivity index (χ3n) is 2.74. The zero-order chi connectivity index (χ0) is 14.1. The summed E-state index contributed by atoms with van der Waals surface area (Å²) in [7, 11) is 1.63. The third kappa shape index (κ3) is 6.31. The van der Waals surface area contributed by atoms with E-state index in [-0.39, 0.29) is 11.1 Å². The van der Waals surface area contributed by atoms with Crippen LogP contribution >= 0.6 is 11.6 Å². The monoisotopic (exact) mass is 290 g/mol. The number of rotatable bonds is 9. The van der Waals surface area contributed by atoms with Gasteiger partial charge in [-0.3, -0.25) is 11.3 Å². The summed E-state index contributed by atoms with van der Waals surface area (Å²) in [5, 5.41) is 0.129. The molecule has 19 heavy (non-hydrogen) atoms. The summed E-state index contributed by atoms with van der Waals surface area (Å²) in [6, 6.07) is 4.74. The summed E-state index contributed by atoms with van der Waals surface area (Å²) >= 11 is 5.74. The summed E-state index contributed by atoms with van der Waals surface area (Å²) in [4.78, 5) is 0. The Bertz CT molecular complexity index is 380. The molecule has 1 rings (SSSR count). The van der Waals surface area contributed by atoms with E-state index in [0.29, 0.717) is 26.2 Å². The van der Waals surface area contributed by atoms with E-state index < -0.39 is 5.82 Å². The van der Waals surface area contributed by atoms with Crippen molar-refractivity contribution in [3.05, 3.63) is 34.6 Å². The number of hydrazine groups is 1. The van der Waals surface area contributed by atoms with Crippen LogP contribution in [0.5, 0.6) is 0 Å². The van der Waals surface area contributed by atoms with Crippen LogP contribution in [0.3, 0.4) is 0 Å². The number of hydrogen-bond donors (Lipinski definition) is 2. The minimum Gasteiger partial charge on any atom is -0.382 e. The van der Waals surface area contributed by atoms with Crippen molar-refractivity contribution in [2.45, 2.75) is 18.9 Å². The lowest BCUT2D eigenvalue weighted by Gasteiger charge is -2.16. The van der Waals surface area contributed by atoms with Crippen LogP contribution in [0.15, 0.2) is 18.2 Å². The van der Waals surface area contributed by atoms with Gasteiger partial charge in [-0.05, 0) is 30.5 Å². The van der Waals surface area contributed by atoms with Gasteiger partial charge in [0.2, 0.25) is 0 Å². The van der Waals surface area contributed by atoms with E-state index >= 15 is 0 Å². The fourth-order valence-electron chi connectivity index (χ4n) is 1.67. The molecule has 1 atom stereocenters. The highest BCUT2D eigenvalue weighted by atomic mass is 35.5. The lowest BCUT2D eigenvalue weighted by Crippen LogP contribution is -2.37. The maximum Gasteiger partial charge on any atom is 0.141 e. The summed E-state index contributed by atoms with van der Waals surface area (Å²) < 4.78 is 23.3. The van der Waals surface area contributed by atoms with Crippen molar-refractivity contribution in [1.29, 1.82) is 0 Å². The zero-order valence-corrected chi connectivity index (χ0v) is 11.8. The molecular weight excluding hydrogens is 271 g/mol. The van der Waals surface area contributed by atoms with E-state index in [4.69, 9.17) is 26.9 Å². The van der Waals surface area contributed by atoms with Crippen molar-refractivity contribution >= 4 is 11.6 Å². The van der Waals surface area contributed by atoms with E-state index in [1.54, 1.807) is 19.2 Å². The fourth-order valence-corrected chi connectivity index (χ4v) is 1.87. The Morgan fingerprint density at radius 3 is 2.79 bits per heavy atom. The number of hydrogen-bond acceptors (Lipinski definition) is 4. The minimum atomic E-state index is -0.412. The highest BCUT2D eigenvalue weighted by molar-refractivity contribution is 6.30. The van der Waals surface area contributed by atoms with Crippen LogP contribution in [0.25, 0.3) is 0 Å². The molecule has 0 fully saturated rings. The molecule has 1 unspecified atom stereocenters. The molecule has 0 aliphatic heterocycles. The number of halogens is 2. The van der Waals surface area contributed by atoms with Gasteiger partial charge in [0.15, 0.2) is 0 Å². The van der Waals surface area contributed by atoms with Crippen LogP contribution in [0.1, 0.15) is 12.0 Å². The highest BCUT2D eigenvalue weighted by Crippen LogP contribution is 2.17. The smallest absolute Gasteiger partial charge is 0.141 e. The standard InChI is InChI=1S/C13H20ClFN2O2/c1-18-6-7-19-5-4-11(17-16)8-10-2-3-13(15)12(14)9-10/h2-3,9,11,17H,4-8,16H2,1H3. The topological polar surface area (TPSA) is 56.5 Å². The Morgan fingerprint density at radius 1 is 1.37 bits per heavy atom. The van der Waals surface area contributed by atoms with Gasteiger partial charge in [0, 0.05) is 19.8 Å². The second kappa shape index (κ2) is 9.23. The SMILES string of the molecule is COCCOCCC(Cc1ccc(F)c(Cl)c1)NN. The normalized spacial score (nSPS) is 12.6. The van der Waals surface area contributed by atoms with Gasteiger partial charge >= 0.3 is 0 Å². The number of nitrogens with two attached hydrogens (primary N) is 1. The molecule has 0 saturated carbocycles. The second-order valence-corrected chi connectivity index (χ2v) is 4.62. The molecular formula is C13H20ClFN2O2.